The van der Waals surface area contributed by atoms with Gasteiger partial charge in [0.25, 0.3) is 0 Å². The molecule has 22 heavy (non-hydrogen) atoms. The average molecular weight is 313 g/mol. The fraction of sp³-hybridized carbons (Fsp3) is 0.278. The Morgan fingerprint density at radius 1 is 1.27 bits per heavy atom. The van der Waals surface area contributed by atoms with Crippen LogP contribution in [0.2, 0.25) is 0 Å². The van der Waals surface area contributed by atoms with E-state index in [2.05, 4.69) is 29.4 Å². The van der Waals surface area contributed by atoms with Crippen molar-refractivity contribution < 1.29 is 9.53 Å². The molecule has 1 aliphatic rings. The van der Waals surface area contributed by atoms with Gasteiger partial charge < -0.3 is 4.74 Å². The van der Waals surface area contributed by atoms with Crippen LogP contribution in [-0.4, -0.2) is 44.0 Å². The molecule has 0 unspecified atom stereocenters. The van der Waals surface area contributed by atoms with E-state index in [1.165, 1.54) is 0 Å². The van der Waals surface area contributed by atoms with Gasteiger partial charge in [0.15, 0.2) is 0 Å². The number of hydrogen-bond acceptors (Lipinski definition) is 4. The number of carbonyl (C=O) groups excluding carboxylic acids is 1. The molecule has 1 fully saturated rings. The number of ether oxygens (including phenoxy) is 1. The van der Waals surface area contributed by atoms with Crippen molar-refractivity contribution in [2.24, 2.45) is 0 Å². The Balaban J connectivity index is 1.82. The summed E-state index contributed by atoms with van der Waals surface area (Å²) in [5.41, 5.74) is 1.55. The van der Waals surface area contributed by atoms with Gasteiger partial charge in [-0.2, -0.15) is 0 Å². The van der Waals surface area contributed by atoms with Crippen molar-refractivity contribution in [3.63, 3.8) is 0 Å². The minimum atomic E-state index is 0.659. The van der Waals surface area contributed by atoms with Crippen LogP contribution in [0.1, 0.15) is 15.9 Å². The zero-order valence-corrected chi connectivity index (χ0v) is 13.3. The Kier molecular flexibility index (Phi) is 6.98. The van der Waals surface area contributed by atoms with Gasteiger partial charge in [-0.25, -0.2) is 0 Å². The Bertz CT molecular complexity index is 602. The first-order chi connectivity index (χ1) is 10.8. The van der Waals surface area contributed by atoms with Gasteiger partial charge in [-0.05, 0) is 23.1 Å². The second kappa shape index (κ2) is 9.26. The molecule has 1 heterocycles. The molecule has 0 bridgehead atoms. The number of nitrogens with zero attached hydrogens (tertiary/aromatic N) is 1. The van der Waals surface area contributed by atoms with Gasteiger partial charge in [-0.1, -0.05) is 36.1 Å². The molecule has 1 aromatic rings. The van der Waals surface area contributed by atoms with E-state index in [9.17, 15) is 4.79 Å². The normalized spacial score (nSPS) is 16.3. The van der Waals surface area contributed by atoms with Gasteiger partial charge in [0, 0.05) is 30.8 Å². The Hall–Kier alpha value is -1.80. The molecule has 0 saturated carbocycles. The summed E-state index contributed by atoms with van der Waals surface area (Å²) in [5.74, 6) is 5.98. The SMILES string of the molecule is O=Cc1ccc(C#C/C=C/C=C(\S)CN2CCOCC2)cc1. The molecule has 3 nitrogen and oxygen atoms in total. The van der Waals surface area contributed by atoms with Crippen LogP contribution in [0.3, 0.4) is 0 Å². The maximum absolute atomic E-state index is 10.6. The zero-order valence-electron chi connectivity index (χ0n) is 12.4. The van der Waals surface area contributed by atoms with Crippen molar-refractivity contribution >= 4 is 18.9 Å². The molecule has 1 aromatic carbocycles. The summed E-state index contributed by atoms with van der Waals surface area (Å²) in [5, 5.41) is 0. The lowest BCUT2D eigenvalue weighted by atomic mass is 10.1. The highest BCUT2D eigenvalue weighted by molar-refractivity contribution is 7.84. The second-order valence-electron chi connectivity index (χ2n) is 4.91. The van der Waals surface area contributed by atoms with Crippen LogP contribution in [0.4, 0.5) is 0 Å². The third kappa shape index (κ3) is 5.90. The first kappa shape index (κ1) is 16.6. The number of hydrogen-bond donors (Lipinski definition) is 1. The molecule has 0 spiro atoms. The van der Waals surface area contributed by atoms with Crippen LogP contribution in [0.15, 0.2) is 47.4 Å². The molecule has 1 aliphatic heterocycles. The summed E-state index contributed by atoms with van der Waals surface area (Å²) >= 11 is 4.48. The van der Waals surface area contributed by atoms with E-state index in [0.29, 0.717) is 5.56 Å². The highest BCUT2D eigenvalue weighted by Gasteiger charge is 2.09. The fourth-order valence-electron chi connectivity index (χ4n) is 2.02. The number of benzene rings is 1. The largest absolute Gasteiger partial charge is 0.379 e. The Morgan fingerprint density at radius 3 is 2.68 bits per heavy atom. The van der Waals surface area contributed by atoms with Gasteiger partial charge in [-0.3, -0.25) is 9.69 Å². The molecule has 0 aromatic heterocycles. The highest BCUT2D eigenvalue weighted by Crippen LogP contribution is 2.06. The lowest BCUT2D eigenvalue weighted by Crippen LogP contribution is -2.36. The lowest BCUT2D eigenvalue weighted by molar-refractivity contribution is 0.0431. The van der Waals surface area contributed by atoms with Gasteiger partial charge in [0.2, 0.25) is 0 Å². The summed E-state index contributed by atoms with van der Waals surface area (Å²) in [6.45, 7) is 4.35. The van der Waals surface area contributed by atoms with E-state index < -0.39 is 0 Å². The van der Waals surface area contributed by atoms with E-state index in [0.717, 1.165) is 49.6 Å². The van der Waals surface area contributed by atoms with E-state index in [-0.39, 0.29) is 0 Å². The summed E-state index contributed by atoms with van der Waals surface area (Å²) in [6, 6.07) is 7.19. The Morgan fingerprint density at radius 2 is 2.00 bits per heavy atom. The predicted octanol–water partition coefficient (Wildman–Crippen LogP) is 2.55. The van der Waals surface area contributed by atoms with Crippen molar-refractivity contribution in [1.82, 2.24) is 4.90 Å². The number of aldehydes is 1. The van der Waals surface area contributed by atoms with E-state index in [1.807, 2.05) is 24.3 Å². The van der Waals surface area contributed by atoms with E-state index in [4.69, 9.17) is 4.74 Å². The molecule has 1 saturated heterocycles. The van der Waals surface area contributed by atoms with Crippen LogP contribution < -0.4 is 0 Å². The smallest absolute Gasteiger partial charge is 0.150 e. The predicted molar refractivity (Wildman–Crippen MR) is 92.2 cm³/mol. The van der Waals surface area contributed by atoms with Crippen molar-refractivity contribution in [1.29, 1.82) is 0 Å². The van der Waals surface area contributed by atoms with E-state index >= 15 is 0 Å². The standard InChI is InChI=1S/C18H19NO2S/c20-15-17-8-6-16(7-9-17)4-2-1-3-5-18(22)14-19-10-12-21-13-11-19/h1,3,5-9,15,22H,10-14H2/b3-1+,18-5-. The number of allylic oxidation sites excluding steroid dienone is 3. The lowest BCUT2D eigenvalue weighted by Gasteiger charge is -2.26. The first-order valence-corrected chi connectivity index (χ1v) is 7.64. The fourth-order valence-corrected chi connectivity index (χ4v) is 2.30. The molecular weight excluding hydrogens is 294 g/mol. The number of rotatable bonds is 4. The molecular formula is C18H19NO2S. The highest BCUT2D eigenvalue weighted by atomic mass is 32.1. The van der Waals surface area contributed by atoms with Crippen LogP contribution >= 0.6 is 12.6 Å². The molecule has 0 N–H and O–H groups in total. The topological polar surface area (TPSA) is 29.5 Å². The quantitative estimate of drug-likeness (QED) is 0.401. The summed E-state index contributed by atoms with van der Waals surface area (Å²) in [4.78, 5) is 13.9. The number of thiol groups is 1. The summed E-state index contributed by atoms with van der Waals surface area (Å²) in [6.07, 6.45) is 6.48. The first-order valence-electron chi connectivity index (χ1n) is 7.19. The van der Waals surface area contributed by atoms with Crippen molar-refractivity contribution in [3.05, 3.63) is 58.5 Å². The monoisotopic (exact) mass is 313 g/mol. The third-order valence-electron chi connectivity index (χ3n) is 3.22. The van der Waals surface area contributed by atoms with Crippen LogP contribution in [0, 0.1) is 11.8 Å². The van der Waals surface area contributed by atoms with Crippen LogP contribution in [0.5, 0.6) is 0 Å². The number of morpholine rings is 1. The Labute approximate surface area is 137 Å². The molecule has 0 radical (unpaired) electrons. The van der Waals surface area contributed by atoms with Crippen molar-refractivity contribution in [2.75, 3.05) is 32.8 Å². The van der Waals surface area contributed by atoms with Crippen molar-refractivity contribution in [2.45, 2.75) is 0 Å². The van der Waals surface area contributed by atoms with Crippen molar-refractivity contribution in [3.8, 4) is 11.8 Å². The minimum Gasteiger partial charge on any atom is -0.379 e. The van der Waals surface area contributed by atoms with Gasteiger partial charge in [-0.15, -0.1) is 12.6 Å². The minimum absolute atomic E-state index is 0.659. The average Bonchev–Trinajstić information content (AvgIpc) is 2.56. The summed E-state index contributed by atoms with van der Waals surface area (Å²) in [7, 11) is 0. The van der Waals surface area contributed by atoms with Gasteiger partial charge in [0.05, 0.1) is 13.2 Å². The molecule has 0 aliphatic carbocycles. The van der Waals surface area contributed by atoms with E-state index in [1.54, 1.807) is 18.2 Å². The molecule has 0 atom stereocenters. The third-order valence-corrected chi connectivity index (χ3v) is 3.51. The zero-order chi connectivity index (χ0) is 15.6. The number of carbonyl (C=O) groups is 1. The van der Waals surface area contributed by atoms with Gasteiger partial charge in [0.1, 0.15) is 6.29 Å². The van der Waals surface area contributed by atoms with Crippen LogP contribution in [-0.2, 0) is 4.74 Å². The molecule has 114 valence electrons. The molecule has 4 heteroatoms. The van der Waals surface area contributed by atoms with Crippen LogP contribution in [0.25, 0.3) is 0 Å². The maximum atomic E-state index is 10.6. The molecule has 0 amide bonds. The maximum Gasteiger partial charge on any atom is 0.150 e. The summed E-state index contributed by atoms with van der Waals surface area (Å²) < 4.78 is 5.31. The molecule has 2 rings (SSSR count). The van der Waals surface area contributed by atoms with Gasteiger partial charge >= 0.3 is 0 Å². The second-order valence-corrected chi connectivity index (χ2v) is 5.49.